The molecule has 0 amide bonds. The van der Waals surface area contributed by atoms with E-state index in [2.05, 4.69) is 80.9 Å². The molecule has 0 spiro atoms. The molecule has 0 aliphatic heterocycles. The molecule has 0 unspecified atom stereocenters. The summed E-state index contributed by atoms with van der Waals surface area (Å²) in [7, 11) is 3.33. The second kappa shape index (κ2) is 10.9. The minimum Gasteiger partial charge on any atom is -0.497 e. The highest BCUT2D eigenvalue weighted by molar-refractivity contribution is 5.78. The first-order chi connectivity index (χ1) is 17.4. The summed E-state index contributed by atoms with van der Waals surface area (Å²) in [5.74, 6) is 15.0. The number of ether oxygens (including phenoxy) is 2. The van der Waals surface area contributed by atoms with Gasteiger partial charge < -0.3 is 9.47 Å². The molecule has 0 N–H and O–H groups in total. The first kappa shape index (κ1) is 24.7. The topological polar surface area (TPSA) is 18.5 Å². The summed E-state index contributed by atoms with van der Waals surface area (Å²) in [5, 5.41) is 0. The van der Waals surface area contributed by atoms with Crippen LogP contribution in [-0.2, 0) is 5.41 Å². The third-order valence-electron chi connectivity index (χ3n) is 5.97. The molecule has 4 aromatic rings. The molecule has 36 heavy (non-hydrogen) atoms. The van der Waals surface area contributed by atoms with Gasteiger partial charge >= 0.3 is 0 Å². The third-order valence-corrected chi connectivity index (χ3v) is 5.97. The Balaban J connectivity index is 1.80. The first-order valence-corrected chi connectivity index (χ1v) is 11.9. The summed E-state index contributed by atoms with van der Waals surface area (Å²) >= 11 is 0. The Labute approximate surface area is 214 Å². The van der Waals surface area contributed by atoms with Gasteiger partial charge in [0.05, 0.1) is 14.2 Å². The van der Waals surface area contributed by atoms with E-state index < -0.39 is 0 Å². The summed E-state index contributed by atoms with van der Waals surface area (Å²) in [5.41, 5.74) is 7.26. The van der Waals surface area contributed by atoms with E-state index in [0.29, 0.717) is 0 Å². The highest BCUT2D eigenvalue weighted by atomic mass is 16.5. The van der Waals surface area contributed by atoms with Crippen molar-refractivity contribution in [2.45, 2.75) is 26.2 Å². The molecule has 178 valence electrons. The maximum atomic E-state index is 5.26. The van der Waals surface area contributed by atoms with Gasteiger partial charge in [-0.3, -0.25) is 0 Å². The molecule has 4 aromatic carbocycles. The number of hydrogen-bond acceptors (Lipinski definition) is 2. The van der Waals surface area contributed by atoms with Crippen molar-refractivity contribution in [2.24, 2.45) is 0 Å². The molecule has 0 saturated heterocycles. The van der Waals surface area contributed by atoms with Crippen LogP contribution < -0.4 is 9.47 Å². The third kappa shape index (κ3) is 5.99. The number of hydrogen-bond donors (Lipinski definition) is 0. The van der Waals surface area contributed by atoms with Gasteiger partial charge in [-0.05, 0) is 77.2 Å². The normalized spacial score (nSPS) is 10.5. The molecule has 2 heteroatoms. The minimum atomic E-state index is 0.0865. The molecule has 0 saturated carbocycles. The Morgan fingerprint density at radius 3 is 1.36 bits per heavy atom. The Bertz CT molecular complexity index is 1360. The summed E-state index contributed by atoms with van der Waals surface area (Å²) in [4.78, 5) is 0. The first-order valence-electron chi connectivity index (χ1n) is 11.9. The van der Waals surface area contributed by atoms with Crippen molar-refractivity contribution in [2.75, 3.05) is 14.2 Å². The summed E-state index contributed by atoms with van der Waals surface area (Å²) in [6, 6.07) is 30.4. The lowest BCUT2D eigenvalue weighted by Gasteiger charge is -2.19. The van der Waals surface area contributed by atoms with E-state index in [0.717, 1.165) is 44.9 Å². The zero-order valence-electron chi connectivity index (χ0n) is 21.5. The molecule has 0 heterocycles. The Kier molecular flexibility index (Phi) is 7.48. The molecule has 0 atom stereocenters. The number of benzene rings is 4. The lowest BCUT2D eigenvalue weighted by Crippen LogP contribution is -2.10. The van der Waals surface area contributed by atoms with Crippen molar-refractivity contribution in [3.05, 3.63) is 119 Å². The van der Waals surface area contributed by atoms with E-state index >= 15 is 0 Å². The predicted octanol–water partition coefficient (Wildman–Crippen LogP) is 7.47. The summed E-state index contributed by atoms with van der Waals surface area (Å²) in [6.45, 7) is 6.67. The highest BCUT2D eigenvalue weighted by Gasteiger charge is 2.15. The summed E-state index contributed by atoms with van der Waals surface area (Å²) < 4.78 is 10.5. The molecule has 0 fully saturated rings. The van der Waals surface area contributed by atoms with Crippen LogP contribution in [-0.4, -0.2) is 14.2 Å². The zero-order chi connectivity index (χ0) is 25.5. The van der Waals surface area contributed by atoms with Crippen LogP contribution in [0, 0.1) is 23.7 Å². The lowest BCUT2D eigenvalue weighted by atomic mass is 9.85. The SMILES string of the molecule is COc1ccc(C#Cc2cccc(C#Cc3ccc(OC)cc3)c2-c2ccc(C(C)(C)C)cc2)cc1. The van der Waals surface area contributed by atoms with Crippen molar-refractivity contribution in [3.63, 3.8) is 0 Å². The van der Waals surface area contributed by atoms with Crippen molar-refractivity contribution in [1.82, 2.24) is 0 Å². The molecule has 0 aliphatic carbocycles. The van der Waals surface area contributed by atoms with Gasteiger partial charge in [0, 0.05) is 27.8 Å². The van der Waals surface area contributed by atoms with E-state index in [1.807, 2.05) is 54.6 Å². The quantitative estimate of drug-likeness (QED) is 0.289. The maximum Gasteiger partial charge on any atom is 0.118 e. The predicted molar refractivity (Wildman–Crippen MR) is 149 cm³/mol. The van der Waals surface area contributed by atoms with Crippen LogP contribution in [0.5, 0.6) is 11.5 Å². The second-order valence-electron chi connectivity index (χ2n) is 9.51. The van der Waals surface area contributed by atoms with Crippen molar-refractivity contribution >= 4 is 0 Å². The standard InChI is InChI=1S/C34H30O2/c1-34(2,3)30-19-17-29(18-20-30)33-27(15-9-25-11-21-31(35-4)22-12-25)7-6-8-28(33)16-10-26-13-23-32(36-5)24-14-26/h6-8,11-14,17-24H,1-5H3. The van der Waals surface area contributed by atoms with Gasteiger partial charge in [-0.15, -0.1) is 0 Å². The molecule has 0 radical (unpaired) electrons. The van der Waals surface area contributed by atoms with E-state index in [1.54, 1.807) is 14.2 Å². The average Bonchev–Trinajstić information content (AvgIpc) is 2.91. The Hall–Kier alpha value is -4.40. The van der Waals surface area contributed by atoms with Gasteiger partial charge in [0.15, 0.2) is 0 Å². The average molecular weight is 471 g/mol. The van der Waals surface area contributed by atoms with Crippen LogP contribution in [0.25, 0.3) is 11.1 Å². The fourth-order valence-corrected chi connectivity index (χ4v) is 3.84. The van der Waals surface area contributed by atoms with Crippen LogP contribution in [0.2, 0.25) is 0 Å². The van der Waals surface area contributed by atoms with E-state index in [-0.39, 0.29) is 5.41 Å². The Morgan fingerprint density at radius 2 is 0.972 bits per heavy atom. The van der Waals surface area contributed by atoms with Gasteiger partial charge in [0.25, 0.3) is 0 Å². The van der Waals surface area contributed by atoms with E-state index in [9.17, 15) is 0 Å². The van der Waals surface area contributed by atoms with Crippen LogP contribution in [0.1, 0.15) is 48.6 Å². The van der Waals surface area contributed by atoms with Gasteiger partial charge in [-0.1, -0.05) is 74.8 Å². The van der Waals surface area contributed by atoms with Crippen LogP contribution >= 0.6 is 0 Å². The molecule has 2 nitrogen and oxygen atoms in total. The van der Waals surface area contributed by atoms with Crippen molar-refractivity contribution < 1.29 is 9.47 Å². The van der Waals surface area contributed by atoms with Crippen LogP contribution in [0.15, 0.2) is 91.0 Å². The van der Waals surface area contributed by atoms with Crippen molar-refractivity contribution in [1.29, 1.82) is 0 Å². The number of methoxy groups -OCH3 is 2. The molecular formula is C34H30O2. The van der Waals surface area contributed by atoms with Crippen molar-refractivity contribution in [3.8, 4) is 46.3 Å². The van der Waals surface area contributed by atoms with Crippen LogP contribution in [0.3, 0.4) is 0 Å². The van der Waals surface area contributed by atoms with Gasteiger partial charge in [0.1, 0.15) is 11.5 Å². The molecule has 0 aromatic heterocycles. The maximum absolute atomic E-state index is 5.26. The Morgan fingerprint density at radius 1 is 0.528 bits per heavy atom. The molecule has 0 aliphatic rings. The lowest BCUT2D eigenvalue weighted by molar-refractivity contribution is 0.414. The highest BCUT2D eigenvalue weighted by Crippen LogP contribution is 2.30. The van der Waals surface area contributed by atoms with Crippen LogP contribution in [0.4, 0.5) is 0 Å². The largest absolute Gasteiger partial charge is 0.497 e. The monoisotopic (exact) mass is 470 g/mol. The smallest absolute Gasteiger partial charge is 0.118 e. The molecular weight excluding hydrogens is 440 g/mol. The van der Waals surface area contributed by atoms with Gasteiger partial charge in [-0.25, -0.2) is 0 Å². The fraction of sp³-hybridized carbons (Fsp3) is 0.176. The van der Waals surface area contributed by atoms with Gasteiger partial charge in [0.2, 0.25) is 0 Å². The fourth-order valence-electron chi connectivity index (χ4n) is 3.84. The number of rotatable bonds is 3. The van der Waals surface area contributed by atoms with E-state index in [1.165, 1.54) is 5.56 Å². The molecule has 0 bridgehead atoms. The summed E-state index contributed by atoms with van der Waals surface area (Å²) in [6.07, 6.45) is 0. The van der Waals surface area contributed by atoms with E-state index in [4.69, 9.17) is 9.47 Å². The minimum absolute atomic E-state index is 0.0865. The zero-order valence-corrected chi connectivity index (χ0v) is 21.5. The molecule has 4 rings (SSSR count). The second-order valence-corrected chi connectivity index (χ2v) is 9.51. The van der Waals surface area contributed by atoms with Gasteiger partial charge in [-0.2, -0.15) is 0 Å².